The third kappa shape index (κ3) is 3.74. The zero-order valence-electron chi connectivity index (χ0n) is 12.9. The lowest BCUT2D eigenvalue weighted by atomic mass is 10.2. The number of nitrogens with zero attached hydrogens (tertiary/aromatic N) is 1. The molecule has 0 spiro atoms. The monoisotopic (exact) mass is 345 g/mol. The van der Waals surface area contributed by atoms with Crippen molar-refractivity contribution >= 4 is 16.0 Å². The Labute approximate surface area is 134 Å². The average Bonchev–Trinajstić information content (AvgIpc) is 2.53. The summed E-state index contributed by atoms with van der Waals surface area (Å²) in [4.78, 5) is 11.0. The Bertz CT molecular complexity index is 674. The predicted molar refractivity (Wildman–Crippen MR) is 80.3 cm³/mol. The molecule has 9 heteroatoms. The van der Waals surface area contributed by atoms with Crippen molar-refractivity contribution in [2.75, 3.05) is 34.0 Å². The van der Waals surface area contributed by atoms with Gasteiger partial charge in [-0.25, -0.2) is 8.42 Å². The van der Waals surface area contributed by atoms with E-state index < -0.39 is 22.0 Å². The number of ether oxygens (including phenoxy) is 3. The summed E-state index contributed by atoms with van der Waals surface area (Å²) in [6.45, 7) is 0.385. The maximum atomic E-state index is 12.8. The molecular formula is C14H19NO7S. The maximum Gasteiger partial charge on any atom is 0.305 e. The highest BCUT2D eigenvalue weighted by Crippen LogP contribution is 2.31. The number of methoxy groups -OCH3 is 2. The van der Waals surface area contributed by atoms with Crippen LogP contribution in [0.1, 0.15) is 6.42 Å². The summed E-state index contributed by atoms with van der Waals surface area (Å²) in [7, 11) is -0.992. The van der Waals surface area contributed by atoms with Crippen LogP contribution in [0.25, 0.3) is 0 Å². The second-order valence-corrected chi connectivity index (χ2v) is 6.85. The van der Waals surface area contributed by atoms with Gasteiger partial charge in [0.05, 0.1) is 44.8 Å². The van der Waals surface area contributed by atoms with Gasteiger partial charge in [0, 0.05) is 12.6 Å². The van der Waals surface area contributed by atoms with E-state index in [-0.39, 0.29) is 36.8 Å². The summed E-state index contributed by atoms with van der Waals surface area (Å²) in [5.74, 6) is -0.375. The lowest BCUT2D eigenvalue weighted by Crippen LogP contribution is -2.49. The number of carboxylic acids is 1. The zero-order chi connectivity index (χ0) is 17.0. The number of morpholine rings is 1. The van der Waals surface area contributed by atoms with E-state index in [1.807, 2.05) is 0 Å². The number of carboxylic acid groups (broad SMARTS) is 1. The standard InChI is InChI=1S/C14H19NO7S/c1-20-12-4-3-11(8-13(12)21-2)23(18,19)15-5-6-22-9-10(15)7-14(16)17/h3-4,8,10H,5-7,9H2,1-2H3,(H,16,17)/t10-/m1/s1. The molecule has 1 N–H and O–H groups in total. The van der Waals surface area contributed by atoms with Crippen LogP contribution < -0.4 is 9.47 Å². The molecule has 1 fully saturated rings. The van der Waals surface area contributed by atoms with E-state index >= 15 is 0 Å². The molecular weight excluding hydrogens is 326 g/mol. The van der Waals surface area contributed by atoms with Gasteiger partial charge >= 0.3 is 5.97 Å². The Balaban J connectivity index is 2.37. The van der Waals surface area contributed by atoms with Crippen molar-refractivity contribution in [3.63, 3.8) is 0 Å². The minimum absolute atomic E-state index is 0.0208. The van der Waals surface area contributed by atoms with E-state index in [4.69, 9.17) is 19.3 Å². The van der Waals surface area contributed by atoms with Gasteiger partial charge < -0.3 is 19.3 Å². The first-order valence-electron chi connectivity index (χ1n) is 6.93. The largest absolute Gasteiger partial charge is 0.493 e. The van der Waals surface area contributed by atoms with Crippen LogP contribution in [-0.2, 0) is 19.6 Å². The van der Waals surface area contributed by atoms with Crippen molar-refractivity contribution in [2.45, 2.75) is 17.4 Å². The highest BCUT2D eigenvalue weighted by molar-refractivity contribution is 7.89. The molecule has 1 aromatic rings. The van der Waals surface area contributed by atoms with Gasteiger partial charge in [0.1, 0.15) is 0 Å². The molecule has 0 bridgehead atoms. The summed E-state index contributed by atoms with van der Waals surface area (Å²) in [6, 6.07) is 3.53. The Kier molecular flexibility index (Phi) is 5.45. The van der Waals surface area contributed by atoms with Crippen molar-refractivity contribution in [1.82, 2.24) is 4.31 Å². The number of hydrogen-bond donors (Lipinski definition) is 1. The van der Waals surface area contributed by atoms with Crippen LogP contribution >= 0.6 is 0 Å². The number of aliphatic carboxylic acids is 1. The van der Waals surface area contributed by atoms with Crippen molar-refractivity contribution in [3.05, 3.63) is 18.2 Å². The number of hydrogen-bond acceptors (Lipinski definition) is 6. The highest BCUT2D eigenvalue weighted by Gasteiger charge is 2.35. The number of sulfonamides is 1. The summed E-state index contributed by atoms with van der Waals surface area (Å²) in [5, 5.41) is 8.96. The van der Waals surface area contributed by atoms with Crippen LogP contribution in [0, 0.1) is 0 Å². The van der Waals surface area contributed by atoms with Crippen LogP contribution in [-0.4, -0.2) is 63.8 Å². The Morgan fingerprint density at radius 2 is 2.04 bits per heavy atom. The van der Waals surface area contributed by atoms with Crippen molar-refractivity contribution in [1.29, 1.82) is 0 Å². The van der Waals surface area contributed by atoms with Gasteiger partial charge in [-0.2, -0.15) is 4.31 Å². The number of benzene rings is 1. The van der Waals surface area contributed by atoms with Gasteiger partial charge in [-0.05, 0) is 12.1 Å². The van der Waals surface area contributed by atoms with E-state index in [1.54, 1.807) is 0 Å². The minimum atomic E-state index is -3.86. The summed E-state index contributed by atoms with van der Waals surface area (Å²) in [5.41, 5.74) is 0. The van der Waals surface area contributed by atoms with Gasteiger partial charge in [-0.3, -0.25) is 4.79 Å². The Hall–Kier alpha value is -1.84. The molecule has 0 saturated carbocycles. The van der Waals surface area contributed by atoms with E-state index in [1.165, 1.54) is 36.7 Å². The molecule has 1 heterocycles. The zero-order valence-corrected chi connectivity index (χ0v) is 13.7. The molecule has 1 atom stereocenters. The van der Waals surface area contributed by atoms with Crippen LogP contribution in [0.5, 0.6) is 11.5 Å². The molecule has 1 aromatic carbocycles. The molecule has 0 amide bonds. The lowest BCUT2D eigenvalue weighted by molar-refractivity contribution is -0.139. The smallest absolute Gasteiger partial charge is 0.305 e. The quantitative estimate of drug-likeness (QED) is 0.804. The Morgan fingerprint density at radius 3 is 2.65 bits per heavy atom. The average molecular weight is 345 g/mol. The fourth-order valence-electron chi connectivity index (χ4n) is 2.43. The molecule has 0 radical (unpaired) electrons. The molecule has 1 aliphatic rings. The van der Waals surface area contributed by atoms with Crippen molar-refractivity contribution in [2.24, 2.45) is 0 Å². The van der Waals surface area contributed by atoms with Gasteiger partial charge in [-0.1, -0.05) is 0 Å². The third-order valence-electron chi connectivity index (χ3n) is 3.55. The van der Waals surface area contributed by atoms with Gasteiger partial charge in [0.2, 0.25) is 10.0 Å². The number of rotatable bonds is 6. The molecule has 23 heavy (non-hydrogen) atoms. The summed E-state index contributed by atoms with van der Waals surface area (Å²) < 4.78 is 42.3. The van der Waals surface area contributed by atoms with Crippen molar-refractivity contribution in [3.8, 4) is 11.5 Å². The molecule has 2 rings (SSSR count). The third-order valence-corrected chi connectivity index (χ3v) is 5.49. The molecule has 8 nitrogen and oxygen atoms in total. The second-order valence-electron chi connectivity index (χ2n) is 4.96. The normalized spacial score (nSPS) is 19.3. The maximum absolute atomic E-state index is 12.8. The first-order valence-corrected chi connectivity index (χ1v) is 8.37. The van der Waals surface area contributed by atoms with E-state index in [0.29, 0.717) is 5.75 Å². The van der Waals surface area contributed by atoms with E-state index in [2.05, 4.69) is 0 Å². The topological polar surface area (TPSA) is 102 Å². The van der Waals surface area contributed by atoms with Crippen LogP contribution in [0.4, 0.5) is 0 Å². The lowest BCUT2D eigenvalue weighted by Gasteiger charge is -2.33. The fraction of sp³-hybridized carbons (Fsp3) is 0.500. The molecule has 1 aliphatic heterocycles. The van der Waals surface area contributed by atoms with Crippen LogP contribution in [0.2, 0.25) is 0 Å². The number of carbonyl (C=O) groups is 1. The summed E-state index contributed by atoms with van der Waals surface area (Å²) in [6.07, 6.45) is -0.313. The molecule has 0 aromatic heterocycles. The van der Waals surface area contributed by atoms with Crippen molar-refractivity contribution < 1.29 is 32.5 Å². The van der Waals surface area contributed by atoms with Gasteiger partial charge in [-0.15, -0.1) is 0 Å². The molecule has 0 unspecified atom stereocenters. The molecule has 1 saturated heterocycles. The van der Waals surface area contributed by atoms with E-state index in [9.17, 15) is 13.2 Å². The first kappa shape index (κ1) is 17.5. The molecule has 128 valence electrons. The second kappa shape index (κ2) is 7.16. The first-order chi connectivity index (χ1) is 10.9. The van der Waals surface area contributed by atoms with Crippen LogP contribution in [0.3, 0.4) is 0 Å². The van der Waals surface area contributed by atoms with Crippen LogP contribution in [0.15, 0.2) is 23.1 Å². The van der Waals surface area contributed by atoms with Gasteiger partial charge in [0.15, 0.2) is 11.5 Å². The summed E-state index contributed by atoms with van der Waals surface area (Å²) >= 11 is 0. The fourth-order valence-corrected chi connectivity index (χ4v) is 4.04. The minimum Gasteiger partial charge on any atom is -0.493 e. The van der Waals surface area contributed by atoms with E-state index in [0.717, 1.165) is 0 Å². The SMILES string of the molecule is COc1ccc(S(=O)(=O)N2CCOC[C@H]2CC(=O)O)cc1OC. The highest BCUT2D eigenvalue weighted by atomic mass is 32.2. The Morgan fingerprint density at radius 1 is 1.35 bits per heavy atom. The van der Waals surface area contributed by atoms with Gasteiger partial charge in [0.25, 0.3) is 0 Å². The molecule has 0 aliphatic carbocycles. The predicted octanol–water partition coefficient (Wildman–Crippen LogP) is 0.568.